The van der Waals surface area contributed by atoms with Crippen LogP contribution < -0.4 is 10.1 Å². The van der Waals surface area contributed by atoms with Gasteiger partial charge in [-0.2, -0.15) is 0 Å². The van der Waals surface area contributed by atoms with Gasteiger partial charge in [-0.05, 0) is 42.1 Å². The van der Waals surface area contributed by atoms with Gasteiger partial charge >= 0.3 is 0 Å². The summed E-state index contributed by atoms with van der Waals surface area (Å²) >= 11 is 1.61. The topological polar surface area (TPSA) is 21.3 Å². The second-order valence-corrected chi connectivity index (χ2v) is 5.34. The summed E-state index contributed by atoms with van der Waals surface area (Å²) in [5.74, 6) is 0.0139. The molecule has 0 aliphatic rings. The molecule has 0 spiro atoms. The molecule has 1 heterocycles. The van der Waals surface area contributed by atoms with Gasteiger partial charge in [-0.25, -0.2) is 4.39 Å². The summed E-state index contributed by atoms with van der Waals surface area (Å²) in [4.78, 5) is 1.09. The smallest absolute Gasteiger partial charge is 0.165 e. The van der Waals surface area contributed by atoms with E-state index in [4.69, 9.17) is 4.74 Å². The summed E-state index contributed by atoms with van der Waals surface area (Å²) in [6, 6.07) is 9.07. The first-order chi connectivity index (χ1) is 9.29. The van der Waals surface area contributed by atoms with E-state index in [0.29, 0.717) is 18.9 Å². The van der Waals surface area contributed by atoms with Crippen molar-refractivity contribution in [2.24, 2.45) is 0 Å². The van der Waals surface area contributed by atoms with Crippen LogP contribution in [0.1, 0.15) is 23.8 Å². The van der Waals surface area contributed by atoms with Gasteiger partial charge in [0.15, 0.2) is 11.6 Å². The van der Waals surface area contributed by atoms with Gasteiger partial charge in [0.05, 0.1) is 0 Å². The molecule has 0 radical (unpaired) electrons. The highest BCUT2D eigenvalue weighted by Gasteiger charge is 2.05. The van der Waals surface area contributed by atoms with Crippen LogP contribution in [0.4, 0.5) is 4.39 Å². The lowest BCUT2D eigenvalue weighted by Gasteiger charge is -2.08. The Hall–Kier alpha value is -1.39. The Morgan fingerprint density at radius 1 is 1.32 bits per heavy atom. The van der Waals surface area contributed by atoms with Crippen molar-refractivity contribution < 1.29 is 9.13 Å². The van der Waals surface area contributed by atoms with Gasteiger partial charge in [0.25, 0.3) is 0 Å². The summed E-state index contributed by atoms with van der Waals surface area (Å²) in [6.45, 7) is 4.16. The van der Waals surface area contributed by atoms with Crippen molar-refractivity contribution in [2.75, 3.05) is 6.54 Å². The summed E-state index contributed by atoms with van der Waals surface area (Å²) < 4.78 is 19.3. The molecule has 0 fully saturated rings. The van der Waals surface area contributed by atoms with Crippen molar-refractivity contribution in [3.63, 3.8) is 0 Å². The Morgan fingerprint density at radius 2 is 2.21 bits per heavy atom. The Balaban J connectivity index is 1.91. The summed E-state index contributed by atoms with van der Waals surface area (Å²) in [6.07, 6.45) is 1.07. The van der Waals surface area contributed by atoms with Crippen LogP contribution >= 0.6 is 11.3 Å². The SMILES string of the molecule is CCCNCc1ccc(OCc2cccs2)c(F)c1. The molecule has 19 heavy (non-hydrogen) atoms. The molecule has 0 bridgehead atoms. The first kappa shape index (κ1) is 14.0. The van der Waals surface area contributed by atoms with Crippen LogP contribution in [0, 0.1) is 5.82 Å². The Morgan fingerprint density at radius 3 is 2.89 bits per heavy atom. The molecule has 1 aromatic carbocycles. The molecular weight excluding hydrogens is 261 g/mol. The molecule has 1 aromatic heterocycles. The molecule has 0 aliphatic heterocycles. The van der Waals surface area contributed by atoms with E-state index in [2.05, 4.69) is 12.2 Å². The fourth-order valence-corrected chi connectivity index (χ4v) is 2.34. The molecule has 0 atom stereocenters. The van der Waals surface area contributed by atoms with E-state index in [1.807, 2.05) is 23.6 Å². The molecule has 0 saturated heterocycles. The van der Waals surface area contributed by atoms with E-state index in [-0.39, 0.29) is 5.82 Å². The largest absolute Gasteiger partial charge is 0.485 e. The third-order valence-electron chi connectivity index (χ3n) is 2.70. The number of thiophene rings is 1. The van der Waals surface area contributed by atoms with Gasteiger partial charge in [0, 0.05) is 11.4 Å². The average molecular weight is 279 g/mol. The number of hydrogen-bond donors (Lipinski definition) is 1. The number of ether oxygens (including phenoxy) is 1. The summed E-state index contributed by atoms with van der Waals surface area (Å²) in [5, 5.41) is 5.23. The van der Waals surface area contributed by atoms with Crippen molar-refractivity contribution >= 4 is 11.3 Å². The fraction of sp³-hybridized carbons (Fsp3) is 0.333. The predicted molar refractivity (Wildman–Crippen MR) is 77.0 cm³/mol. The van der Waals surface area contributed by atoms with Gasteiger partial charge in [0.2, 0.25) is 0 Å². The molecule has 0 saturated carbocycles. The van der Waals surface area contributed by atoms with Crippen LogP contribution in [0.5, 0.6) is 5.75 Å². The molecule has 2 aromatic rings. The first-order valence-corrected chi connectivity index (χ1v) is 7.32. The van der Waals surface area contributed by atoms with Gasteiger partial charge in [-0.3, -0.25) is 0 Å². The Labute approximate surface area is 117 Å². The zero-order valence-corrected chi connectivity index (χ0v) is 11.8. The van der Waals surface area contributed by atoms with Crippen LogP contribution in [0.15, 0.2) is 35.7 Å². The molecule has 1 N–H and O–H groups in total. The minimum Gasteiger partial charge on any atom is -0.485 e. The van der Waals surface area contributed by atoms with Crippen LogP contribution in [-0.4, -0.2) is 6.54 Å². The zero-order valence-electron chi connectivity index (χ0n) is 11.0. The predicted octanol–water partition coefficient (Wildman–Crippen LogP) is 3.97. The fourth-order valence-electron chi connectivity index (χ4n) is 1.72. The zero-order chi connectivity index (χ0) is 13.5. The van der Waals surface area contributed by atoms with Crippen molar-refractivity contribution in [1.29, 1.82) is 0 Å². The molecule has 0 unspecified atom stereocenters. The van der Waals surface area contributed by atoms with Crippen molar-refractivity contribution in [3.05, 3.63) is 52.0 Å². The highest BCUT2D eigenvalue weighted by Crippen LogP contribution is 2.20. The molecule has 2 nitrogen and oxygen atoms in total. The number of nitrogens with one attached hydrogen (secondary N) is 1. The molecule has 102 valence electrons. The third kappa shape index (κ3) is 4.33. The number of benzene rings is 1. The van der Waals surface area contributed by atoms with Crippen LogP contribution in [0.2, 0.25) is 0 Å². The monoisotopic (exact) mass is 279 g/mol. The summed E-state index contributed by atoms with van der Waals surface area (Å²) in [7, 11) is 0. The maximum Gasteiger partial charge on any atom is 0.165 e. The number of rotatable bonds is 7. The highest BCUT2D eigenvalue weighted by molar-refractivity contribution is 7.09. The highest BCUT2D eigenvalue weighted by atomic mass is 32.1. The van der Waals surface area contributed by atoms with Crippen molar-refractivity contribution in [1.82, 2.24) is 5.32 Å². The Bertz CT molecular complexity index is 499. The van der Waals surface area contributed by atoms with Crippen molar-refractivity contribution in [3.8, 4) is 5.75 Å². The second-order valence-electron chi connectivity index (χ2n) is 4.31. The van der Waals surface area contributed by atoms with E-state index in [1.54, 1.807) is 17.4 Å². The number of hydrogen-bond acceptors (Lipinski definition) is 3. The van der Waals surface area contributed by atoms with Crippen molar-refractivity contribution in [2.45, 2.75) is 26.5 Å². The van der Waals surface area contributed by atoms with Gasteiger partial charge in [-0.15, -0.1) is 11.3 Å². The minimum absolute atomic E-state index is 0.299. The van der Waals surface area contributed by atoms with Gasteiger partial charge in [0.1, 0.15) is 6.61 Å². The quantitative estimate of drug-likeness (QED) is 0.774. The third-order valence-corrected chi connectivity index (χ3v) is 3.55. The number of halogens is 1. The van der Waals surface area contributed by atoms with E-state index in [0.717, 1.165) is 23.4 Å². The second kappa shape index (κ2) is 7.26. The summed E-state index contributed by atoms with van der Waals surface area (Å²) in [5.41, 5.74) is 0.939. The van der Waals surface area contributed by atoms with Crippen LogP contribution in [0.3, 0.4) is 0 Å². The van der Waals surface area contributed by atoms with E-state index in [9.17, 15) is 4.39 Å². The van der Waals surface area contributed by atoms with E-state index >= 15 is 0 Å². The maximum absolute atomic E-state index is 13.8. The first-order valence-electron chi connectivity index (χ1n) is 6.44. The molecule has 4 heteroatoms. The molecule has 0 amide bonds. The van der Waals surface area contributed by atoms with E-state index in [1.165, 1.54) is 6.07 Å². The maximum atomic E-state index is 13.8. The lowest BCUT2D eigenvalue weighted by Crippen LogP contribution is -2.13. The lowest BCUT2D eigenvalue weighted by molar-refractivity contribution is 0.293. The lowest BCUT2D eigenvalue weighted by atomic mass is 10.2. The van der Waals surface area contributed by atoms with E-state index < -0.39 is 0 Å². The van der Waals surface area contributed by atoms with Gasteiger partial charge < -0.3 is 10.1 Å². The molecule has 2 rings (SSSR count). The average Bonchev–Trinajstić information content (AvgIpc) is 2.91. The normalized spacial score (nSPS) is 10.6. The minimum atomic E-state index is -0.299. The van der Waals surface area contributed by atoms with Crippen LogP contribution in [-0.2, 0) is 13.2 Å². The Kier molecular flexibility index (Phi) is 5.36. The molecule has 0 aliphatic carbocycles. The van der Waals surface area contributed by atoms with Gasteiger partial charge in [-0.1, -0.05) is 19.1 Å². The standard InChI is InChI=1S/C15H18FNOS/c1-2-7-17-10-12-5-6-15(14(16)9-12)18-11-13-4-3-8-19-13/h3-6,8-9,17H,2,7,10-11H2,1H3. The molecular formula is C15H18FNOS. The van der Waals surface area contributed by atoms with Crippen LogP contribution in [0.25, 0.3) is 0 Å².